The van der Waals surface area contributed by atoms with Crippen molar-refractivity contribution in [2.24, 2.45) is 0 Å². The average molecular weight is 261 g/mol. The summed E-state index contributed by atoms with van der Waals surface area (Å²) in [6, 6.07) is 4.07. The molecule has 4 nitrogen and oxygen atoms in total. The van der Waals surface area contributed by atoms with Crippen molar-refractivity contribution in [3.05, 3.63) is 45.6 Å². The lowest BCUT2D eigenvalue weighted by Gasteiger charge is -1.99. The second-order valence-corrected chi connectivity index (χ2v) is 3.64. The summed E-state index contributed by atoms with van der Waals surface area (Å²) in [6.45, 7) is 0. The maximum atomic E-state index is 11.4. The van der Waals surface area contributed by atoms with Gasteiger partial charge in [0.2, 0.25) is 5.76 Å². The Morgan fingerprint density at radius 1 is 1.12 bits per heavy atom. The van der Waals surface area contributed by atoms with Crippen LogP contribution in [-0.2, 0) is 4.79 Å². The zero-order valence-electron chi connectivity index (χ0n) is 7.78. The van der Waals surface area contributed by atoms with Crippen LogP contribution in [0.2, 0.25) is 10.0 Å². The van der Waals surface area contributed by atoms with Crippen LogP contribution in [0.25, 0.3) is 0 Å². The number of hydrogen-bond acceptors (Lipinski definition) is 3. The van der Waals surface area contributed by atoms with Crippen molar-refractivity contribution in [1.82, 2.24) is 0 Å². The van der Waals surface area contributed by atoms with Gasteiger partial charge in [0.25, 0.3) is 0 Å². The standard InChI is InChI=1S/C10H6Cl2O4/c11-6-2-1-5(3-7(6)12)8(13)4-9(14)10(15)16/h1-4,14H,(H,15,16)/b9-4+. The van der Waals surface area contributed by atoms with Crippen molar-refractivity contribution in [3.8, 4) is 0 Å². The van der Waals surface area contributed by atoms with E-state index in [-0.39, 0.29) is 15.6 Å². The number of benzene rings is 1. The molecule has 0 bridgehead atoms. The molecule has 0 saturated heterocycles. The Morgan fingerprint density at radius 3 is 2.25 bits per heavy atom. The van der Waals surface area contributed by atoms with E-state index in [2.05, 4.69) is 0 Å². The summed E-state index contributed by atoms with van der Waals surface area (Å²) >= 11 is 11.3. The number of rotatable bonds is 3. The zero-order valence-corrected chi connectivity index (χ0v) is 9.29. The number of carboxylic acids is 1. The lowest BCUT2D eigenvalue weighted by atomic mass is 10.1. The number of aliphatic carboxylic acids is 1. The molecule has 84 valence electrons. The molecule has 0 aromatic heterocycles. The molecular formula is C10H6Cl2O4. The molecule has 0 heterocycles. The monoisotopic (exact) mass is 260 g/mol. The first-order chi connectivity index (χ1) is 7.41. The molecule has 0 amide bonds. The van der Waals surface area contributed by atoms with Gasteiger partial charge in [-0.05, 0) is 18.2 Å². The van der Waals surface area contributed by atoms with Crippen molar-refractivity contribution in [1.29, 1.82) is 0 Å². The minimum Gasteiger partial charge on any atom is -0.502 e. The van der Waals surface area contributed by atoms with Gasteiger partial charge in [0, 0.05) is 11.6 Å². The second kappa shape index (κ2) is 5.01. The van der Waals surface area contributed by atoms with E-state index in [1.165, 1.54) is 18.2 Å². The summed E-state index contributed by atoms with van der Waals surface area (Å²) < 4.78 is 0. The molecule has 16 heavy (non-hydrogen) atoms. The SMILES string of the molecule is O=C(O)/C(O)=C\C(=O)c1ccc(Cl)c(Cl)c1. The fourth-order valence-corrected chi connectivity index (χ4v) is 1.22. The van der Waals surface area contributed by atoms with E-state index < -0.39 is 17.5 Å². The number of carbonyl (C=O) groups is 2. The summed E-state index contributed by atoms with van der Waals surface area (Å²) in [5.74, 6) is -3.28. The summed E-state index contributed by atoms with van der Waals surface area (Å²) in [7, 11) is 0. The number of allylic oxidation sites excluding steroid dienone is 1. The largest absolute Gasteiger partial charge is 0.502 e. The van der Waals surface area contributed by atoms with Crippen molar-refractivity contribution >= 4 is 35.0 Å². The molecule has 6 heteroatoms. The minimum absolute atomic E-state index is 0.141. The van der Waals surface area contributed by atoms with Gasteiger partial charge in [-0.25, -0.2) is 4.79 Å². The number of aliphatic hydroxyl groups excluding tert-OH is 1. The Balaban J connectivity index is 3.02. The van der Waals surface area contributed by atoms with Gasteiger partial charge in [0.15, 0.2) is 5.78 Å². The Morgan fingerprint density at radius 2 is 1.75 bits per heavy atom. The van der Waals surface area contributed by atoms with Gasteiger partial charge in [-0.3, -0.25) is 4.79 Å². The van der Waals surface area contributed by atoms with Gasteiger partial charge in [0.1, 0.15) is 0 Å². The number of halogens is 2. The Bertz CT molecular complexity index is 480. The van der Waals surface area contributed by atoms with Gasteiger partial charge in [-0.15, -0.1) is 0 Å². The van der Waals surface area contributed by atoms with E-state index in [1.807, 2.05) is 0 Å². The van der Waals surface area contributed by atoms with Crippen LogP contribution in [0.15, 0.2) is 30.0 Å². The van der Waals surface area contributed by atoms with Gasteiger partial charge >= 0.3 is 5.97 Å². The molecular weight excluding hydrogens is 255 g/mol. The van der Waals surface area contributed by atoms with Crippen LogP contribution in [0.1, 0.15) is 10.4 Å². The van der Waals surface area contributed by atoms with Crippen LogP contribution in [0, 0.1) is 0 Å². The molecule has 0 fully saturated rings. The molecule has 0 atom stereocenters. The number of hydrogen-bond donors (Lipinski definition) is 2. The smallest absolute Gasteiger partial charge is 0.371 e. The number of carboxylic acid groups (broad SMARTS) is 1. The van der Waals surface area contributed by atoms with Gasteiger partial charge in [0.05, 0.1) is 10.0 Å². The highest BCUT2D eigenvalue weighted by molar-refractivity contribution is 6.42. The number of ketones is 1. The molecule has 1 aromatic rings. The number of aliphatic hydroxyl groups is 1. The first kappa shape index (κ1) is 12.5. The first-order valence-corrected chi connectivity index (χ1v) is 4.80. The summed E-state index contributed by atoms with van der Waals surface area (Å²) in [5, 5.41) is 17.7. The third-order valence-electron chi connectivity index (χ3n) is 1.69. The Kier molecular flexibility index (Phi) is 3.93. The highest BCUT2D eigenvalue weighted by Gasteiger charge is 2.10. The van der Waals surface area contributed by atoms with Gasteiger partial charge < -0.3 is 10.2 Å². The normalized spacial score (nSPS) is 11.2. The maximum absolute atomic E-state index is 11.4. The molecule has 0 radical (unpaired) electrons. The van der Waals surface area contributed by atoms with Crippen LogP contribution in [0.4, 0.5) is 0 Å². The highest BCUT2D eigenvalue weighted by atomic mass is 35.5. The quantitative estimate of drug-likeness (QED) is 0.498. The average Bonchev–Trinajstić information content (AvgIpc) is 2.21. The molecule has 0 aliphatic heterocycles. The molecule has 2 N–H and O–H groups in total. The van der Waals surface area contributed by atoms with Crippen LogP contribution in [0.3, 0.4) is 0 Å². The van der Waals surface area contributed by atoms with E-state index in [0.29, 0.717) is 6.08 Å². The summed E-state index contributed by atoms with van der Waals surface area (Å²) in [4.78, 5) is 21.7. The third-order valence-corrected chi connectivity index (χ3v) is 2.43. The van der Waals surface area contributed by atoms with Gasteiger partial charge in [-0.2, -0.15) is 0 Å². The molecule has 0 aliphatic carbocycles. The zero-order chi connectivity index (χ0) is 12.3. The van der Waals surface area contributed by atoms with Crippen molar-refractivity contribution < 1.29 is 19.8 Å². The maximum Gasteiger partial charge on any atom is 0.371 e. The minimum atomic E-state index is -1.58. The predicted octanol–water partition coefficient (Wildman–Crippen LogP) is 2.70. The summed E-state index contributed by atoms with van der Waals surface area (Å²) in [6.07, 6.45) is 0.599. The van der Waals surface area contributed by atoms with Crippen LogP contribution in [0.5, 0.6) is 0 Å². The lowest BCUT2D eigenvalue weighted by Crippen LogP contribution is -2.03. The third kappa shape index (κ3) is 2.98. The van der Waals surface area contributed by atoms with E-state index in [4.69, 9.17) is 33.4 Å². The molecule has 0 aliphatic rings. The molecule has 1 aromatic carbocycles. The van der Waals surface area contributed by atoms with Crippen molar-refractivity contribution in [2.45, 2.75) is 0 Å². The molecule has 0 saturated carbocycles. The van der Waals surface area contributed by atoms with E-state index in [0.717, 1.165) is 0 Å². The van der Waals surface area contributed by atoms with Crippen molar-refractivity contribution in [2.75, 3.05) is 0 Å². The van der Waals surface area contributed by atoms with Crippen LogP contribution >= 0.6 is 23.2 Å². The fourth-order valence-electron chi connectivity index (χ4n) is 0.919. The van der Waals surface area contributed by atoms with E-state index >= 15 is 0 Å². The second-order valence-electron chi connectivity index (χ2n) is 2.83. The topological polar surface area (TPSA) is 74.6 Å². The van der Waals surface area contributed by atoms with Crippen LogP contribution in [-0.4, -0.2) is 22.0 Å². The lowest BCUT2D eigenvalue weighted by molar-refractivity contribution is -0.135. The fraction of sp³-hybridized carbons (Fsp3) is 0. The Labute approximate surface area is 101 Å². The Hall–Kier alpha value is -1.52. The number of carbonyl (C=O) groups excluding carboxylic acids is 1. The van der Waals surface area contributed by atoms with E-state index in [1.54, 1.807) is 0 Å². The summed E-state index contributed by atoms with van der Waals surface area (Å²) in [5.41, 5.74) is 0.141. The molecule has 0 spiro atoms. The van der Waals surface area contributed by atoms with Gasteiger partial charge in [-0.1, -0.05) is 23.2 Å². The first-order valence-electron chi connectivity index (χ1n) is 4.05. The molecule has 1 rings (SSSR count). The van der Waals surface area contributed by atoms with E-state index in [9.17, 15) is 9.59 Å². The predicted molar refractivity (Wildman–Crippen MR) is 59.1 cm³/mol. The van der Waals surface area contributed by atoms with Crippen molar-refractivity contribution in [3.63, 3.8) is 0 Å². The van der Waals surface area contributed by atoms with Crippen LogP contribution < -0.4 is 0 Å². The molecule has 0 unspecified atom stereocenters. The highest BCUT2D eigenvalue weighted by Crippen LogP contribution is 2.22.